The van der Waals surface area contributed by atoms with Crippen molar-refractivity contribution in [3.63, 3.8) is 0 Å². The van der Waals surface area contributed by atoms with Gasteiger partial charge in [0.25, 0.3) is 5.91 Å². The molecule has 1 unspecified atom stereocenters. The first-order chi connectivity index (χ1) is 14.7. The van der Waals surface area contributed by atoms with Crippen molar-refractivity contribution in [3.8, 4) is 0 Å². The lowest BCUT2D eigenvalue weighted by atomic mass is 10.1. The highest BCUT2D eigenvalue weighted by molar-refractivity contribution is 8.13. The molecule has 1 amide bonds. The van der Waals surface area contributed by atoms with E-state index >= 15 is 0 Å². The third-order valence-electron chi connectivity index (χ3n) is 5.13. The molecule has 148 valence electrons. The van der Waals surface area contributed by atoms with Crippen LogP contribution in [-0.4, -0.2) is 27.9 Å². The van der Waals surface area contributed by atoms with Crippen LogP contribution in [0.15, 0.2) is 88.8 Å². The minimum atomic E-state index is -0.445. The Morgan fingerprint density at radius 1 is 0.933 bits per heavy atom. The lowest BCUT2D eigenvalue weighted by Gasteiger charge is -2.25. The Bertz CT molecular complexity index is 1180. The molecule has 2 heterocycles. The molecule has 0 saturated heterocycles. The summed E-state index contributed by atoms with van der Waals surface area (Å²) >= 11 is 7.83. The lowest BCUT2D eigenvalue weighted by molar-refractivity contribution is -0.124. The van der Waals surface area contributed by atoms with Gasteiger partial charge in [-0.15, -0.1) is 0 Å². The number of hydrogen-bond donors (Lipinski definition) is 0. The summed E-state index contributed by atoms with van der Waals surface area (Å²) < 4.78 is 0. The van der Waals surface area contributed by atoms with Crippen molar-refractivity contribution in [3.05, 3.63) is 101 Å². The maximum atomic E-state index is 13.3. The predicted octanol–water partition coefficient (Wildman–Crippen LogP) is 5.47. The molecule has 3 aromatic carbocycles. The number of nitrogens with zero attached hydrogens (tertiary/aromatic N) is 3. The van der Waals surface area contributed by atoms with E-state index in [0.29, 0.717) is 28.2 Å². The Balaban J connectivity index is 1.47. The number of carbonyl (C=O) groups is 1. The van der Waals surface area contributed by atoms with E-state index in [0.717, 1.165) is 22.4 Å². The zero-order valence-corrected chi connectivity index (χ0v) is 17.6. The normalized spacial score (nSPS) is 17.3. The molecule has 2 aliphatic heterocycles. The van der Waals surface area contributed by atoms with Gasteiger partial charge in [-0.2, -0.15) is 0 Å². The highest BCUT2D eigenvalue weighted by atomic mass is 35.5. The number of fused-ring (bicyclic) bond motifs is 3. The Kier molecular flexibility index (Phi) is 5.15. The lowest BCUT2D eigenvalue weighted by Crippen LogP contribution is -2.41. The summed E-state index contributed by atoms with van der Waals surface area (Å²) in [6.07, 6.45) is 0.574. The summed E-state index contributed by atoms with van der Waals surface area (Å²) in [6, 6.07) is 25.1. The van der Waals surface area contributed by atoms with Crippen LogP contribution in [0.4, 0.5) is 5.69 Å². The van der Waals surface area contributed by atoms with E-state index in [-0.39, 0.29) is 5.91 Å². The van der Waals surface area contributed by atoms with E-state index in [1.165, 1.54) is 11.8 Å². The van der Waals surface area contributed by atoms with Crippen LogP contribution >= 0.6 is 23.4 Å². The van der Waals surface area contributed by atoms with Crippen LogP contribution < -0.4 is 0 Å². The smallest absolute Gasteiger partial charge is 0.259 e. The van der Waals surface area contributed by atoms with Crippen LogP contribution in [-0.2, 0) is 17.0 Å². The second-order valence-electron chi connectivity index (χ2n) is 7.12. The first-order valence-electron chi connectivity index (χ1n) is 9.71. The molecule has 1 atom stereocenters. The average molecular weight is 432 g/mol. The van der Waals surface area contributed by atoms with E-state index in [9.17, 15) is 4.79 Å². The van der Waals surface area contributed by atoms with Gasteiger partial charge in [-0.3, -0.25) is 9.79 Å². The first kappa shape index (κ1) is 19.1. The number of benzene rings is 3. The summed E-state index contributed by atoms with van der Waals surface area (Å²) in [4.78, 5) is 24.6. The van der Waals surface area contributed by atoms with Gasteiger partial charge in [-0.25, -0.2) is 9.89 Å². The van der Waals surface area contributed by atoms with E-state index in [1.54, 1.807) is 4.90 Å². The molecule has 0 radical (unpaired) electrons. The number of halogens is 1. The van der Waals surface area contributed by atoms with Gasteiger partial charge in [-0.1, -0.05) is 84.0 Å². The van der Waals surface area contributed by atoms with E-state index < -0.39 is 6.04 Å². The molecular formula is C24H18ClN3OS. The molecule has 0 saturated carbocycles. The number of carbonyl (C=O) groups excluding carboxylic acids is 1. The molecule has 6 heteroatoms. The fourth-order valence-electron chi connectivity index (χ4n) is 3.63. The van der Waals surface area contributed by atoms with Gasteiger partial charge >= 0.3 is 0 Å². The van der Waals surface area contributed by atoms with Crippen LogP contribution in [0.3, 0.4) is 0 Å². The third-order valence-corrected chi connectivity index (χ3v) is 6.49. The average Bonchev–Trinajstić information content (AvgIpc) is 3.10. The number of amidine groups is 2. The Morgan fingerprint density at radius 3 is 2.50 bits per heavy atom. The molecule has 3 aromatic rings. The zero-order valence-electron chi connectivity index (χ0n) is 16.0. The summed E-state index contributed by atoms with van der Waals surface area (Å²) in [5.41, 5.74) is 3.83. The molecular weight excluding hydrogens is 414 g/mol. The van der Waals surface area contributed by atoms with Gasteiger partial charge in [0.2, 0.25) is 0 Å². The number of para-hydroxylation sites is 1. The van der Waals surface area contributed by atoms with Gasteiger partial charge in [-0.05, 0) is 29.3 Å². The third kappa shape index (κ3) is 3.55. The van der Waals surface area contributed by atoms with Crippen LogP contribution in [0.25, 0.3) is 0 Å². The van der Waals surface area contributed by atoms with E-state index in [2.05, 4.69) is 0 Å². The van der Waals surface area contributed by atoms with Gasteiger partial charge in [0.1, 0.15) is 11.9 Å². The quantitative estimate of drug-likeness (QED) is 0.549. The molecule has 0 N–H and O–H groups in total. The standard InChI is InChI=1S/C24H18ClN3OS/c25-19-12-6-4-10-17(19)15-30-24-27-20-13-7-5-11-18(20)22-26-21(23(29)28(22)24)14-16-8-2-1-3-9-16/h1-13,21H,14-15H2. The summed E-state index contributed by atoms with van der Waals surface area (Å²) in [6.45, 7) is 0. The number of hydrogen-bond acceptors (Lipinski definition) is 4. The van der Waals surface area contributed by atoms with Crippen molar-refractivity contribution in [1.29, 1.82) is 0 Å². The Hall–Kier alpha value is -2.89. The molecule has 5 rings (SSSR count). The summed E-state index contributed by atoms with van der Waals surface area (Å²) in [7, 11) is 0. The van der Waals surface area contributed by atoms with Gasteiger partial charge in [0.15, 0.2) is 5.17 Å². The summed E-state index contributed by atoms with van der Waals surface area (Å²) in [5, 5.41) is 1.36. The number of thioether (sulfide) groups is 1. The maximum Gasteiger partial charge on any atom is 0.259 e. The predicted molar refractivity (Wildman–Crippen MR) is 124 cm³/mol. The largest absolute Gasteiger partial charge is 0.271 e. The fraction of sp³-hybridized carbons (Fsp3) is 0.125. The van der Waals surface area contributed by atoms with Gasteiger partial charge in [0, 0.05) is 22.8 Å². The minimum absolute atomic E-state index is 0.0336. The Labute approximate surface area is 184 Å². The zero-order chi connectivity index (χ0) is 20.5. The SMILES string of the molecule is O=C1C(Cc2ccccc2)N=C2c3ccccc3N=C(SCc3ccccc3Cl)N12. The molecule has 30 heavy (non-hydrogen) atoms. The molecule has 4 nitrogen and oxygen atoms in total. The van der Waals surface area contributed by atoms with Crippen molar-refractivity contribution >= 4 is 46.0 Å². The second-order valence-corrected chi connectivity index (χ2v) is 8.47. The molecule has 0 fully saturated rings. The molecule has 2 aliphatic rings. The second kappa shape index (κ2) is 8.09. The van der Waals surface area contributed by atoms with E-state index in [1.807, 2.05) is 78.9 Å². The van der Waals surface area contributed by atoms with Gasteiger partial charge in [0.05, 0.1) is 5.69 Å². The number of aliphatic imine (C=N–C) groups is 2. The number of amides is 1. The van der Waals surface area contributed by atoms with Crippen molar-refractivity contribution in [2.24, 2.45) is 9.98 Å². The van der Waals surface area contributed by atoms with Gasteiger partial charge < -0.3 is 0 Å². The van der Waals surface area contributed by atoms with Crippen LogP contribution in [0, 0.1) is 0 Å². The van der Waals surface area contributed by atoms with Crippen LogP contribution in [0.2, 0.25) is 5.02 Å². The molecule has 0 bridgehead atoms. The number of rotatable bonds is 4. The monoisotopic (exact) mass is 431 g/mol. The Morgan fingerprint density at radius 2 is 1.67 bits per heavy atom. The van der Waals surface area contributed by atoms with Crippen LogP contribution in [0.5, 0.6) is 0 Å². The molecule has 0 aromatic heterocycles. The van der Waals surface area contributed by atoms with E-state index in [4.69, 9.17) is 21.6 Å². The van der Waals surface area contributed by atoms with Crippen molar-refractivity contribution in [2.75, 3.05) is 0 Å². The fourth-order valence-corrected chi connectivity index (χ4v) is 4.91. The highest BCUT2D eigenvalue weighted by Gasteiger charge is 2.41. The van der Waals surface area contributed by atoms with Crippen molar-refractivity contribution in [1.82, 2.24) is 4.90 Å². The molecule has 0 aliphatic carbocycles. The molecule has 0 spiro atoms. The topological polar surface area (TPSA) is 45.0 Å². The highest BCUT2D eigenvalue weighted by Crippen LogP contribution is 2.35. The van der Waals surface area contributed by atoms with Crippen molar-refractivity contribution < 1.29 is 4.79 Å². The summed E-state index contributed by atoms with van der Waals surface area (Å²) in [5.74, 6) is 1.28. The van der Waals surface area contributed by atoms with Crippen molar-refractivity contribution in [2.45, 2.75) is 18.2 Å². The maximum absolute atomic E-state index is 13.3. The first-order valence-corrected chi connectivity index (χ1v) is 11.1. The minimum Gasteiger partial charge on any atom is -0.271 e. The van der Waals surface area contributed by atoms with Crippen LogP contribution in [0.1, 0.15) is 16.7 Å².